The van der Waals surface area contributed by atoms with E-state index in [1.54, 1.807) is 0 Å². The molecule has 6 nitrogen and oxygen atoms in total. The van der Waals surface area contributed by atoms with Gasteiger partial charge in [0.25, 0.3) is 0 Å². The molecule has 3 unspecified atom stereocenters. The van der Waals surface area contributed by atoms with Crippen LogP contribution >= 0.6 is 0 Å². The van der Waals surface area contributed by atoms with Gasteiger partial charge in [-0.05, 0) is 96.3 Å². The first-order valence-electron chi connectivity index (χ1n) is 26.8. The number of carbonyl (C=O) groups is 2. The van der Waals surface area contributed by atoms with E-state index in [1.807, 2.05) is 0 Å². The zero-order valence-electron chi connectivity index (χ0n) is 41.9. The summed E-state index contributed by atoms with van der Waals surface area (Å²) in [4.78, 5) is 26.2. The van der Waals surface area contributed by atoms with E-state index in [0.717, 1.165) is 103 Å². The van der Waals surface area contributed by atoms with Crippen LogP contribution in [0, 0.1) is 0 Å². The molecule has 0 saturated carbocycles. The first-order chi connectivity index (χ1) is 31.5. The van der Waals surface area contributed by atoms with E-state index < -0.39 is 18.2 Å². The summed E-state index contributed by atoms with van der Waals surface area (Å²) < 4.78 is 5.90. The fraction of sp³-hybridized carbons (Fsp3) is 0.724. The lowest BCUT2D eigenvalue weighted by Gasteiger charge is -2.24. The average Bonchev–Trinajstić information content (AvgIpc) is 3.29. The molecule has 0 aromatic rings. The van der Waals surface area contributed by atoms with Crippen LogP contribution in [0.2, 0.25) is 0 Å². The highest BCUT2D eigenvalue weighted by atomic mass is 16.5. The topological polar surface area (TPSA) is 95.9 Å². The van der Waals surface area contributed by atoms with Gasteiger partial charge in [-0.15, -0.1) is 0 Å². The molecule has 0 radical (unpaired) electrons. The van der Waals surface area contributed by atoms with E-state index >= 15 is 0 Å². The van der Waals surface area contributed by atoms with Crippen LogP contribution in [0.25, 0.3) is 0 Å². The van der Waals surface area contributed by atoms with Gasteiger partial charge in [0.2, 0.25) is 5.91 Å². The predicted molar refractivity (Wildman–Crippen MR) is 278 cm³/mol. The van der Waals surface area contributed by atoms with E-state index in [0.29, 0.717) is 19.3 Å². The Kier molecular flexibility index (Phi) is 48.7. The molecule has 6 heteroatoms. The third-order valence-corrected chi connectivity index (χ3v) is 11.7. The Hall–Kier alpha value is -2.96. The number of rotatable bonds is 47. The van der Waals surface area contributed by atoms with E-state index in [2.05, 4.69) is 111 Å². The summed E-state index contributed by atoms with van der Waals surface area (Å²) >= 11 is 0. The Morgan fingerprint density at radius 3 is 1.34 bits per heavy atom. The number of hydrogen-bond acceptors (Lipinski definition) is 5. The predicted octanol–water partition coefficient (Wildman–Crippen LogP) is 16.3. The molecular weight excluding hydrogens is 791 g/mol. The molecule has 0 aliphatic heterocycles. The summed E-state index contributed by atoms with van der Waals surface area (Å²) in [6.45, 7) is 6.32. The van der Waals surface area contributed by atoms with E-state index in [9.17, 15) is 19.8 Å². The Labute approximate surface area is 395 Å². The Morgan fingerprint density at radius 2 is 0.859 bits per heavy atom. The molecule has 0 bridgehead atoms. The highest BCUT2D eigenvalue weighted by Gasteiger charge is 2.24. The molecule has 3 N–H and O–H groups in total. The first-order valence-corrected chi connectivity index (χ1v) is 26.8. The van der Waals surface area contributed by atoms with Gasteiger partial charge >= 0.3 is 5.97 Å². The van der Waals surface area contributed by atoms with Crippen molar-refractivity contribution in [3.05, 3.63) is 85.1 Å². The lowest BCUT2D eigenvalue weighted by Crippen LogP contribution is -2.46. The molecule has 368 valence electrons. The number of nitrogens with one attached hydrogen (secondary N) is 1. The fourth-order valence-electron chi connectivity index (χ4n) is 7.67. The van der Waals surface area contributed by atoms with Gasteiger partial charge in [-0.3, -0.25) is 9.59 Å². The normalized spacial score (nSPS) is 13.9. The number of ether oxygens (including phenoxy) is 1. The Balaban J connectivity index is 4.73. The molecule has 0 aromatic heterocycles. The standard InChI is InChI=1S/C58H101NO5/c1-4-7-10-13-16-19-22-25-28-29-30-31-34-37-40-43-46-49-54(64-58(63)51-48-45-42-39-36-33-27-24-21-18-15-12-9-6-3)52-57(62)59-55(53-60)56(61)50-47-44-41-38-35-32-26-23-20-17-14-11-8-5-2/h9,12,16,18-19,21,25,27-28,30-31,33,37,40,54-56,60-61H,4-8,10-11,13-15,17,20,22-24,26,29,32,34-36,38-39,41-53H2,1-3H3,(H,59,62)/b12-9+,19-16-,21-18+,28-25-,31-30-,33-27+,40-37-. The minimum Gasteiger partial charge on any atom is -0.462 e. The molecule has 0 spiro atoms. The van der Waals surface area contributed by atoms with Crippen LogP contribution in [0.3, 0.4) is 0 Å². The third-order valence-electron chi connectivity index (χ3n) is 11.7. The fourth-order valence-corrected chi connectivity index (χ4v) is 7.67. The van der Waals surface area contributed by atoms with Crippen LogP contribution in [0.15, 0.2) is 85.1 Å². The first kappa shape index (κ1) is 61.0. The maximum Gasteiger partial charge on any atom is 0.306 e. The lowest BCUT2D eigenvalue weighted by molar-refractivity contribution is -0.151. The molecule has 0 aliphatic carbocycles. The largest absolute Gasteiger partial charge is 0.462 e. The second kappa shape index (κ2) is 51.0. The second-order valence-corrected chi connectivity index (χ2v) is 17.9. The molecule has 0 saturated heterocycles. The van der Waals surface area contributed by atoms with Crippen molar-refractivity contribution in [2.24, 2.45) is 0 Å². The number of aliphatic hydroxyl groups excluding tert-OH is 2. The number of amides is 1. The van der Waals surface area contributed by atoms with Gasteiger partial charge in [0, 0.05) is 6.42 Å². The highest BCUT2D eigenvalue weighted by Crippen LogP contribution is 2.17. The molecule has 0 aliphatic rings. The molecule has 64 heavy (non-hydrogen) atoms. The number of unbranched alkanes of at least 4 members (excludes halogenated alkanes) is 21. The van der Waals surface area contributed by atoms with Gasteiger partial charge in [0.05, 0.1) is 25.2 Å². The number of aliphatic hydroxyl groups is 2. The second-order valence-electron chi connectivity index (χ2n) is 17.9. The van der Waals surface area contributed by atoms with Crippen LogP contribution in [0.5, 0.6) is 0 Å². The number of esters is 1. The van der Waals surface area contributed by atoms with E-state index in [1.165, 1.54) is 96.3 Å². The highest BCUT2D eigenvalue weighted by molar-refractivity contribution is 5.77. The SMILES string of the molecule is CC/C=C/C/C=C/C/C=C/CCCCCCC(=O)OC(CCC/C=C\C/C=C\C/C=C\C/C=C\CCCCC)CC(=O)NC(CO)C(O)CCCCCCCCCCCCCCCC. The van der Waals surface area contributed by atoms with Crippen molar-refractivity contribution in [3.8, 4) is 0 Å². The van der Waals surface area contributed by atoms with E-state index in [-0.39, 0.29) is 24.9 Å². The van der Waals surface area contributed by atoms with Crippen LogP contribution in [0.1, 0.15) is 245 Å². The maximum absolute atomic E-state index is 13.2. The lowest BCUT2D eigenvalue weighted by atomic mass is 10.0. The van der Waals surface area contributed by atoms with Gasteiger partial charge in [-0.1, -0.05) is 221 Å². The van der Waals surface area contributed by atoms with Crippen molar-refractivity contribution in [1.82, 2.24) is 5.32 Å². The Bertz CT molecular complexity index is 1230. The quantitative estimate of drug-likeness (QED) is 0.0321. The number of allylic oxidation sites excluding steroid dienone is 14. The van der Waals surface area contributed by atoms with Gasteiger partial charge in [0.15, 0.2) is 0 Å². The van der Waals surface area contributed by atoms with Crippen LogP contribution < -0.4 is 5.32 Å². The summed E-state index contributed by atoms with van der Waals surface area (Å²) in [6, 6.07) is -0.728. The average molecular weight is 892 g/mol. The smallest absolute Gasteiger partial charge is 0.306 e. The van der Waals surface area contributed by atoms with Gasteiger partial charge in [-0.25, -0.2) is 0 Å². The van der Waals surface area contributed by atoms with Crippen molar-refractivity contribution in [2.75, 3.05) is 6.61 Å². The molecule has 3 atom stereocenters. The van der Waals surface area contributed by atoms with Crippen LogP contribution in [-0.2, 0) is 14.3 Å². The van der Waals surface area contributed by atoms with Crippen molar-refractivity contribution in [3.63, 3.8) is 0 Å². The van der Waals surface area contributed by atoms with Gasteiger partial charge < -0.3 is 20.3 Å². The zero-order valence-corrected chi connectivity index (χ0v) is 41.9. The summed E-state index contributed by atoms with van der Waals surface area (Å²) in [6.07, 6.45) is 66.4. The molecule has 0 rings (SSSR count). The maximum atomic E-state index is 13.2. The monoisotopic (exact) mass is 892 g/mol. The summed E-state index contributed by atoms with van der Waals surface area (Å²) in [7, 11) is 0. The summed E-state index contributed by atoms with van der Waals surface area (Å²) in [5, 5.41) is 23.8. The minimum absolute atomic E-state index is 0.0272. The Morgan fingerprint density at radius 1 is 0.469 bits per heavy atom. The van der Waals surface area contributed by atoms with Crippen LogP contribution in [-0.4, -0.2) is 46.9 Å². The van der Waals surface area contributed by atoms with Crippen molar-refractivity contribution in [2.45, 2.75) is 264 Å². The van der Waals surface area contributed by atoms with Crippen LogP contribution in [0.4, 0.5) is 0 Å². The van der Waals surface area contributed by atoms with E-state index in [4.69, 9.17) is 4.74 Å². The number of hydrogen-bond donors (Lipinski definition) is 3. The zero-order chi connectivity index (χ0) is 46.7. The molecule has 0 heterocycles. The van der Waals surface area contributed by atoms with Gasteiger partial charge in [0.1, 0.15) is 6.10 Å². The van der Waals surface area contributed by atoms with Crippen molar-refractivity contribution >= 4 is 11.9 Å². The minimum atomic E-state index is -0.810. The molecule has 0 aromatic carbocycles. The summed E-state index contributed by atoms with van der Waals surface area (Å²) in [5.41, 5.74) is 0. The van der Waals surface area contributed by atoms with Gasteiger partial charge in [-0.2, -0.15) is 0 Å². The van der Waals surface area contributed by atoms with Crippen molar-refractivity contribution in [1.29, 1.82) is 0 Å². The van der Waals surface area contributed by atoms with Crippen molar-refractivity contribution < 1.29 is 24.5 Å². The third kappa shape index (κ3) is 45.6. The molecule has 0 fully saturated rings. The molecular formula is C58H101NO5. The summed E-state index contributed by atoms with van der Waals surface area (Å²) in [5.74, 6) is -0.556. The number of carbonyl (C=O) groups excluding carboxylic acids is 2. The molecule has 1 amide bonds.